The van der Waals surface area contributed by atoms with Gasteiger partial charge in [-0.25, -0.2) is 0 Å². The second-order valence-corrected chi connectivity index (χ2v) is 5.55. The van der Waals surface area contributed by atoms with Gasteiger partial charge >= 0.3 is 0 Å². The molecule has 2 heteroatoms. The van der Waals surface area contributed by atoms with Gasteiger partial charge in [0.2, 0.25) is 0 Å². The fourth-order valence-corrected chi connectivity index (χ4v) is 3.27. The van der Waals surface area contributed by atoms with Crippen LogP contribution in [-0.2, 0) is 29.1 Å². The van der Waals surface area contributed by atoms with E-state index in [2.05, 4.69) is 36.4 Å². The molecule has 2 aliphatic rings. The van der Waals surface area contributed by atoms with Crippen LogP contribution in [0.2, 0.25) is 0 Å². The smallest absolute Gasteiger partial charge is 0.0724 e. The molecule has 2 atom stereocenters. The number of ether oxygens (including phenoxy) is 2. The molecule has 1 radical (unpaired) electrons. The van der Waals surface area contributed by atoms with Crippen LogP contribution in [0.1, 0.15) is 28.2 Å². The van der Waals surface area contributed by atoms with Crippen molar-refractivity contribution in [3.05, 3.63) is 70.8 Å². The van der Waals surface area contributed by atoms with Gasteiger partial charge in [-0.1, -0.05) is 42.5 Å². The molecule has 2 aliphatic heterocycles. The summed E-state index contributed by atoms with van der Waals surface area (Å²) in [6, 6.07) is 18.1. The quantitative estimate of drug-likeness (QED) is 0.788. The first-order valence-electron chi connectivity index (χ1n) is 7.17. The van der Waals surface area contributed by atoms with Crippen molar-refractivity contribution in [3.8, 4) is 0 Å². The monoisotopic (exact) mass is 265 g/mol. The van der Waals surface area contributed by atoms with Crippen molar-refractivity contribution in [2.45, 2.75) is 31.7 Å². The van der Waals surface area contributed by atoms with E-state index in [4.69, 9.17) is 9.47 Å². The Morgan fingerprint density at radius 3 is 2.90 bits per heavy atom. The predicted molar refractivity (Wildman–Crippen MR) is 76.4 cm³/mol. The fourth-order valence-electron chi connectivity index (χ4n) is 3.27. The molecule has 101 valence electrons. The summed E-state index contributed by atoms with van der Waals surface area (Å²) in [7, 11) is 0. The summed E-state index contributed by atoms with van der Waals surface area (Å²) in [6.07, 6.45) is 1.13. The van der Waals surface area contributed by atoms with Gasteiger partial charge in [0.1, 0.15) is 0 Å². The molecule has 0 amide bonds. The molecule has 4 rings (SSSR count). The molecular weight excluding hydrogens is 248 g/mol. The normalized spacial score (nSPS) is 24.8. The van der Waals surface area contributed by atoms with E-state index in [0.29, 0.717) is 12.5 Å². The molecule has 20 heavy (non-hydrogen) atoms. The summed E-state index contributed by atoms with van der Waals surface area (Å²) >= 11 is 0. The number of benzene rings is 2. The van der Waals surface area contributed by atoms with Crippen molar-refractivity contribution in [3.63, 3.8) is 0 Å². The van der Waals surface area contributed by atoms with Crippen LogP contribution in [0.4, 0.5) is 0 Å². The fraction of sp³-hybridized carbons (Fsp3) is 0.333. The van der Waals surface area contributed by atoms with Gasteiger partial charge in [-0.15, -0.1) is 0 Å². The molecule has 0 fully saturated rings. The van der Waals surface area contributed by atoms with Gasteiger partial charge < -0.3 is 9.47 Å². The van der Waals surface area contributed by atoms with Gasteiger partial charge in [-0.3, -0.25) is 0 Å². The first-order chi connectivity index (χ1) is 9.92. The lowest BCUT2D eigenvalue weighted by Gasteiger charge is -2.35. The first kappa shape index (κ1) is 12.1. The number of hydrogen-bond donors (Lipinski definition) is 0. The van der Waals surface area contributed by atoms with Crippen LogP contribution in [0.15, 0.2) is 42.5 Å². The molecule has 0 aromatic heterocycles. The molecule has 0 aliphatic carbocycles. The van der Waals surface area contributed by atoms with Crippen molar-refractivity contribution in [1.82, 2.24) is 0 Å². The van der Waals surface area contributed by atoms with E-state index in [1.807, 2.05) is 12.1 Å². The van der Waals surface area contributed by atoms with E-state index in [0.717, 1.165) is 19.6 Å². The van der Waals surface area contributed by atoms with Gasteiger partial charge in [0, 0.05) is 12.3 Å². The molecule has 0 bridgehead atoms. The Morgan fingerprint density at radius 2 is 1.90 bits per heavy atom. The van der Waals surface area contributed by atoms with Crippen molar-refractivity contribution in [2.75, 3.05) is 6.61 Å². The van der Waals surface area contributed by atoms with Crippen LogP contribution in [0, 0.1) is 6.07 Å². The Labute approximate surface area is 119 Å². The largest absolute Gasteiger partial charge is 0.376 e. The lowest BCUT2D eigenvalue weighted by Crippen LogP contribution is -2.34. The summed E-state index contributed by atoms with van der Waals surface area (Å²) in [6.45, 7) is 2.17. The molecule has 0 spiro atoms. The minimum atomic E-state index is 0.197. The lowest BCUT2D eigenvalue weighted by molar-refractivity contribution is -0.0242. The molecular formula is C18H17O2. The van der Waals surface area contributed by atoms with Crippen LogP contribution in [-0.4, -0.2) is 12.7 Å². The van der Waals surface area contributed by atoms with E-state index >= 15 is 0 Å². The maximum Gasteiger partial charge on any atom is 0.0724 e. The highest BCUT2D eigenvalue weighted by atomic mass is 16.5. The van der Waals surface area contributed by atoms with Gasteiger partial charge in [-0.2, -0.15) is 0 Å². The molecule has 2 unspecified atom stereocenters. The standard InChI is InChI=1S/C18H17O2/c1-2-6-14-11-20-18(9-13(14)5-1)17-12-19-10-15-7-3-4-8-16(15)17/h1-4,6-8,17-18H,9-12H2. The van der Waals surface area contributed by atoms with Gasteiger partial charge in [0.15, 0.2) is 0 Å². The zero-order chi connectivity index (χ0) is 13.4. The third kappa shape index (κ3) is 2.05. The third-order valence-electron chi connectivity index (χ3n) is 4.36. The summed E-state index contributed by atoms with van der Waals surface area (Å²) in [5.74, 6) is 0.335. The Kier molecular flexibility index (Phi) is 3.06. The molecule has 0 saturated carbocycles. The van der Waals surface area contributed by atoms with E-state index in [1.165, 1.54) is 22.3 Å². The SMILES string of the molecule is [c]1cccc2c1CC(C1COCc3ccccc31)OC2. The van der Waals surface area contributed by atoms with E-state index in [-0.39, 0.29) is 6.10 Å². The Bertz CT molecular complexity index is 620. The highest BCUT2D eigenvalue weighted by molar-refractivity contribution is 5.34. The van der Waals surface area contributed by atoms with Crippen molar-refractivity contribution < 1.29 is 9.47 Å². The van der Waals surface area contributed by atoms with Gasteiger partial charge in [0.05, 0.1) is 25.9 Å². The average Bonchev–Trinajstić information content (AvgIpc) is 2.54. The Hall–Kier alpha value is -1.64. The highest BCUT2D eigenvalue weighted by Gasteiger charge is 2.31. The highest BCUT2D eigenvalue weighted by Crippen LogP contribution is 2.34. The van der Waals surface area contributed by atoms with E-state index in [1.54, 1.807) is 0 Å². The van der Waals surface area contributed by atoms with Crippen LogP contribution >= 0.6 is 0 Å². The summed E-state index contributed by atoms with van der Waals surface area (Å²) in [5.41, 5.74) is 5.26. The van der Waals surface area contributed by atoms with E-state index in [9.17, 15) is 0 Å². The predicted octanol–water partition coefficient (Wildman–Crippen LogP) is 3.24. The minimum absolute atomic E-state index is 0.197. The second-order valence-electron chi connectivity index (χ2n) is 5.55. The number of fused-ring (bicyclic) bond motifs is 2. The zero-order valence-corrected chi connectivity index (χ0v) is 11.3. The molecule has 2 nitrogen and oxygen atoms in total. The average molecular weight is 265 g/mol. The third-order valence-corrected chi connectivity index (χ3v) is 4.36. The number of rotatable bonds is 1. The Balaban J connectivity index is 1.64. The van der Waals surface area contributed by atoms with Gasteiger partial charge in [-0.05, 0) is 28.3 Å². The second kappa shape index (κ2) is 5.04. The zero-order valence-electron chi connectivity index (χ0n) is 11.3. The van der Waals surface area contributed by atoms with Crippen molar-refractivity contribution in [2.24, 2.45) is 0 Å². The Morgan fingerprint density at radius 1 is 1.00 bits per heavy atom. The summed E-state index contributed by atoms with van der Waals surface area (Å²) in [5, 5.41) is 0. The van der Waals surface area contributed by atoms with E-state index < -0.39 is 0 Å². The van der Waals surface area contributed by atoms with Crippen molar-refractivity contribution >= 4 is 0 Å². The van der Waals surface area contributed by atoms with Crippen molar-refractivity contribution in [1.29, 1.82) is 0 Å². The van der Waals surface area contributed by atoms with Crippen LogP contribution in [0.25, 0.3) is 0 Å². The van der Waals surface area contributed by atoms with Crippen LogP contribution in [0.5, 0.6) is 0 Å². The molecule has 2 heterocycles. The number of hydrogen-bond acceptors (Lipinski definition) is 2. The first-order valence-corrected chi connectivity index (χ1v) is 7.17. The molecule has 0 saturated heterocycles. The van der Waals surface area contributed by atoms with Gasteiger partial charge in [0.25, 0.3) is 0 Å². The molecule has 2 aromatic carbocycles. The molecule has 2 aromatic rings. The minimum Gasteiger partial charge on any atom is -0.376 e. The maximum atomic E-state index is 6.10. The van der Waals surface area contributed by atoms with Crippen LogP contribution in [0.3, 0.4) is 0 Å². The van der Waals surface area contributed by atoms with Crippen LogP contribution < -0.4 is 0 Å². The molecule has 0 N–H and O–H groups in total. The summed E-state index contributed by atoms with van der Waals surface area (Å²) in [4.78, 5) is 0. The summed E-state index contributed by atoms with van der Waals surface area (Å²) < 4.78 is 11.9. The topological polar surface area (TPSA) is 18.5 Å². The lowest BCUT2D eigenvalue weighted by atomic mass is 9.84. The maximum absolute atomic E-state index is 6.10.